The van der Waals surface area contributed by atoms with Gasteiger partial charge in [-0.2, -0.15) is 0 Å². The Morgan fingerprint density at radius 2 is 2.21 bits per heavy atom. The van der Waals surface area contributed by atoms with Crippen molar-refractivity contribution in [3.63, 3.8) is 0 Å². The lowest BCUT2D eigenvalue weighted by Crippen LogP contribution is -2.30. The predicted molar refractivity (Wildman–Crippen MR) is 68.8 cm³/mol. The Bertz CT molecular complexity index is 543. The molecule has 100 valence electrons. The number of amides is 1. The number of carbonyl (C=O) groups is 1. The topological polar surface area (TPSA) is 82.7 Å². The van der Waals surface area contributed by atoms with Gasteiger partial charge in [-0.15, -0.1) is 0 Å². The zero-order chi connectivity index (χ0) is 13.8. The van der Waals surface area contributed by atoms with E-state index in [1.807, 2.05) is 0 Å². The summed E-state index contributed by atoms with van der Waals surface area (Å²) in [4.78, 5) is 12.0. The van der Waals surface area contributed by atoms with Gasteiger partial charge in [0, 0.05) is 5.56 Å². The van der Waals surface area contributed by atoms with Crippen molar-refractivity contribution < 1.29 is 19.4 Å². The summed E-state index contributed by atoms with van der Waals surface area (Å²) in [5.41, 5.74) is 1.12. The van der Waals surface area contributed by atoms with Gasteiger partial charge < -0.3 is 19.9 Å². The molecule has 3 N–H and O–H groups in total. The van der Waals surface area contributed by atoms with Crippen molar-refractivity contribution in [2.45, 2.75) is 13.0 Å². The Balaban J connectivity index is 2.15. The summed E-state index contributed by atoms with van der Waals surface area (Å²) < 4.78 is 5.15. The number of carbonyl (C=O) groups excluding carboxylic acids is 1. The number of hydrogen-bond acceptors (Lipinski definition) is 4. The van der Waals surface area contributed by atoms with Crippen molar-refractivity contribution >= 4 is 5.91 Å². The van der Waals surface area contributed by atoms with Crippen molar-refractivity contribution in [1.29, 1.82) is 0 Å². The van der Waals surface area contributed by atoms with Crippen molar-refractivity contribution in [3.05, 3.63) is 53.5 Å². The summed E-state index contributed by atoms with van der Waals surface area (Å²) in [5.74, 6) is 0.130. The number of phenolic OH excluding ortho intramolecular Hbond substituents is 1. The molecule has 0 radical (unpaired) electrons. The maximum Gasteiger partial charge on any atom is 0.252 e. The first-order valence-electron chi connectivity index (χ1n) is 5.86. The number of aliphatic hydroxyl groups is 1. The molecular formula is C14H15NO4. The highest BCUT2D eigenvalue weighted by molar-refractivity contribution is 5.95. The molecule has 0 aliphatic carbocycles. The molecule has 1 heterocycles. The number of phenols is 1. The molecule has 1 amide bonds. The van der Waals surface area contributed by atoms with Gasteiger partial charge in [0.2, 0.25) is 0 Å². The minimum Gasteiger partial charge on any atom is -0.508 e. The average Bonchev–Trinajstić information content (AvgIpc) is 2.88. The highest BCUT2D eigenvalue weighted by Gasteiger charge is 2.17. The molecule has 0 aliphatic rings. The molecule has 1 aromatic heterocycles. The molecule has 0 saturated carbocycles. The van der Waals surface area contributed by atoms with Crippen LogP contribution in [0.2, 0.25) is 0 Å². The van der Waals surface area contributed by atoms with Crippen LogP contribution in [0.1, 0.15) is 27.7 Å². The number of hydrogen-bond donors (Lipinski definition) is 3. The summed E-state index contributed by atoms with van der Waals surface area (Å²) in [6.07, 6.45) is 1.47. The van der Waals surface area contributed by atoms with Crippen LogP contribution in [0.5, 0.6) is 5.75 Å². The van der Waals surface area contributed by atoms with Crippen LogP contribution in [0.4, 0.5) is 0 Å². The molecule has 2 aromatic rings. The summed E-state index contributed by atoms with van der Waals surface area (Å²) in [6.45, 7) is 1.52. The Kier molecular flexibility index (Phi) is 3.87. The fourth-order valence-electron chi connectivity index (χ4n) is 1.83. The standard InChI is InChI=1S/C14H15NO4/c1-9-5-10(7-11(17)6-9)14(18)15-12(8-16)13-3-2-4-19-13/h2-7,12,16-17H,8H2,1H3,(H,15,18). The van der Waals surface area contributed by atoms with Crippen LogP contribution in [0.15, 0.2) is 41.0 Å². The van der Waals surface area contributed by atoms with Crippen LogP contribution in [0.25, 0.3) is 0 Å². The second-order valence-corrected chi connectivity index (χ2v) is 4.28. The molecule has 5 heteroatoms. The van der Waals surface area contributed by atoms with Crippen molar-refractivity contribution in [2.75, 3.05) is 6.61 Å². The Morgan fingerprint density at radius 3 is 2.79 bits per heavy atom. The van der Waals surface area contributed by atoms with E-state index in [1.54, 1.807) is 31.2 Å². The van der Waals surface area contributed by atoms with Crippen LogP contribution in [0.3, 0.4) is 0 Å². The van der Waals surface area contributed by atoms with Gasteiger partial charge in [-0.25, -0.2) is 0 Å². The van der Waals surface area contributed by atoms with Gasteiger partial charge in [0.05, 0.1) is 12.9 Å². The van der Waals surface area contributed by atoms with E-state index in [0.717, 1.165) is 5.56 Å². The largest absolute Gasteiger partial charge is 0.508 e. The summed E-state index contributed by atoms with van der Waals surface area (Å²) in [6, 6.07) is 7.35. The van der Waals surface area contributed by atoms with Crippen molar-refractivity contribution in [1.82, 2.24) is 5.32 Å². The fourth-order valence-corrected chi connectivity index (χ4v) is 1.83. The number of furan rings is 1. The van der Waals surface area contributed by atoms with E-state index in [1.165, 1.54) is 12.3 Å². The molecule has 1 unspecified atom stereocenters. The first kappa shape index (κ1) is 13.2. The second kappa shape index (κ2) is 5.58. The number of aliphatic hydroxyl groups excluding tert-OH is 1. The Morgan fingerprint density at radius 1 is 1.42 bits per heavy atom. The smallest absolute Gasteiger partial charge is 0.252 e. The zero-order valence-electron chi connectivity index (χ0n) is 10.5. The molecule has 19 heavy (non-hydrogen) atoms. The number of nitrogens with one attached hydrogen (secondary N) is 1. The quantitative estimate of drug-likeness (QED) is 0.783. The summed E-state index contributed by atoms with van der Waals surface area (Å²) in [7, 11) is 0. The molecule has 1 aromatic carbocycles. The third-order valence-electron chi connectivity index (χ3n) is 2.70. The first-order chi connectivity index (χ1) is 9.10. The van der Waals surface area contributed by atoms with Crippen LogP contribution < -0.4 is 5.32 Å². The lowest BCUT2D eigenvalue weighted by atomic mass is 10.1. The van der Waals surface area contributed by atoms with Crippen LogP contribution in [-0.2, 0) is 0 Å². The second-order valence-electron chi connectivity index (χ2n) is 4.28. The summed E-state index contributed by atoms with van der Waals surface area (Å²) >= 11 is 0. The van der Waals surface area contributed by atoms with Gasteiger partial charge in [-0.05, 0) is 42.8 Å². The van der Waals surface area contributed by atoms with Crippen LogP contribution >= 0.6 is 0 Å². The maximum atomic E-state index is 12.0. The van der Waals surface area contributed by atoms with Gasteiger partial charge in [0.15, 0.2) is 0 Å². The van der Waals surface area contributed by atoms with E-state index < -0.39 is 6.04 Å². The lowest BCUT2D eigenvalue weighted by molar-refractivity contribution is 0.0907. The zero-order valence-corrected chi connectivity index (χ0v) is 10.5. The minimum absolute atomic E-state index is 0.0312. The fraction of sp³-hybridized carbons (Fsp3) is 0.214. The minimum atomic E-state index is -0.606. The van der Waals surface area contributed by atoms with E-state index in [2.05, 4.69) is 5.32 Å². The number of aryl methyl sites for hydroxylation is 1. The van der Waals surface area contributed by atoms with Gasteiger partial charge in [0.1, 0.15) is 17.6 Å². The van der Waals surface area contributed by atoms with Gasteiger partial charge in [-0.3, -0.25) is 4.79 Å². The van der Waals surface area contributed by atoms with Crippen molar-refractivity contribution in [3.8, 4) is 5.75 Å². The summed E-state index contributed by atoms with van der Waals surface area (Å²) in [5, 5.41) is 21.4. The van der Waals surface area contributed by atoms with Gasteiger partial charge in [-0.1, -0.05) is 0 Å². The van der Waals surface area contributed by atoms with E-state index in [9.17, 15) is 15.0 Å². The predicted octanol–water partition coefficient (Wildman–Crippen LogP) is 1.76. The highest BCUT2D eigenvalue weighted by atomic mass is 16.3. The van der Waals surface area contributed by atoms with Crippen molar-refractivity contribution in [2.24, 2.45) is 0 Å². The van der Waals surface area contributed by atoms with Gasteiger partial charge >= 0.3 is 0 Å². The molecule has 0 spiro atoms. The third kappa shape index (κ3) is 3.14. The number of aromatic hydroxyl groups is 1. The molecular weight excluding hydrogens is 246 g/mol. The third-order valence-corrected chi connectivity index (χ3v) is 2.70. The van der Waals surface area contributed by atoms with E-state index in [0.29, 0.717) is 11.3 Å². The van der Waals surface area contributed by atoms with Crippen LogP contribution in [0, 0.1) is 6.92 Å². The Hall–Kier alpha value is -2.27. The Labute approximate surface area is 110 Å². The van der Waals surface area contributed by atoms with Gasteiger partial charge in [0.25, 0.3) is 5.91 Å². The number of rotatable bonds is 4. The normalized spacial score (nSPS) is 12.1. The molecule has 0 aliphatic heterocycles. The molecule has 0 saturated heterocycles. The van der Waals surface area contributed by atoms with E-state index in [-0.39, 0.29) is 18.3 Å². The monoisotopic (exact) mass is 261 g/mol. The lowest BCUT2D eigenvalue weighted by Gasteiger charge is -2.14. The average molecular weight is 261 g/mol. The van der Waals surface area contributed by atoms with E-state index in [4.69, 9.17) is 4.42 Å². The molecule has 2 rings (SSSR count). The molecule has 0 bridgehead atoms. The molecule has 5 nitrogen and oxygen atoms in total. The highest BCUT2D eigenvalue weighted by Crippen LogP contribution is 2.17. The van der Waals surface area contributed by atoms with E-state index >= 15 is 0 Å². The van der Waals surface area contributed by atoms with Crippen LogP contribution in [-0.4, -0.2) is 22.7 Å². The first-order valence-corrected chi connectivity index (χ1v) is 5.86. The molecule has 0 fully saturated rings. The number of benzene rings is 1. The molecule has 1 atom stereocenters. The SMILES string of the molecule is Cc1cc(O)cc(C(=O)NC(CO)c2ccco2)c1. The maximum absolute atomic E-state index is 12.0.